The van der Waals surface area contributed by atoms with Gasteiger partial charge in [0, 0.05) is 64.2 Å². The van der Waals surface area contributed by atoms with Gasteiger partial charge in [0.05, 0.1) is 5.69 Å². The van der Waals surface area contributed by atoms with Crippen LogP contribution in [0.1, 0.15) is 42.6 Å². The van der Waals surface area contributed by atoms with Gasteiger partial charge in [-0.3, -0.25) is 9.48 Å². The monoisotopic (exact) mass is 368 g/mol. The third-order valence-electron chi connectivity index (χ3n) is 6.07. The van der Waals surface area contributed by atoms with E-state index in [4.69, 9.17) is 4.98 Å². The lowest BCUT2D eigenvalue weighted by atomic mass is 9.77. The van der Waals surface area contributed by atoms with Crippen LogP contribution < -0.4 is 4.90 Å². The van der Waals surface area contributed by atoms with Gasteiger partial charge >= 0.3 is 0 Å². The van der Waals surface area contributed by atoms with Gasteiger partial charge in [-0.2, -0.15) is 5.10 Å². The second-order valence-corrected chi connectivity index (χ2v) is 8.08. The van der Waals surface area contributed by atoms with E-state index in [9.17, 15) is 4.79 Å². The number of fused-ring (bicyclic) bond motifs is 2. The Hall–Kier alpha value is -2.44. The first-order chi connectivity index (χ1) is 13.0. The van der Waals surface area contributed by atoms with Crippen LogP contribution in [0.2, 0.25) is 0 Å². The number of hydrogen-bond acceptors (Lipinski definition) is 5. The maximum absolute atomic E-state index is 12.9. The van der Waals surface area contributed by atoms with E-state index in [0.29, 0.717) is 6.42 Å². The molecular formula is C20H28N6O. The Kier molecular flexibility index (Phi) is 4.61. The van der Waals surface area contributed by atoms with Crippen molar-refractivity contribution >= 4 is 11.9 Å². The van der Waals surface area contributed by atoms with Crippen LogP contribution in [0.4, 0.5) is 5.95 Å². The van der Waals surface area contributed by atoms with E-state index in [0.717, 1.165) is 56.8 Å². The first kappa shape index (κ1) is 17.9. The average molecular weight is 368 g/mol. The molecule has 1 spiro atoms. The number of anilines is 1. The Bertz CT molecular complexity index is 841. The lowest BCUT2D eigenvalue weighted by Gasteiger charge is -2.40. The molecule has 7 nitrogen and oxygen atoms in total. The summed E-state index contributed by atoms with van der Waals surface area (Å²) >= 11 is 0. The highest BCUT2D eigenvalue weighted by Gasteiger charge is 2.44. The maximum atomic E-state index is 12.9. The van der Waals surface area contributed by atoms with Crippen LogP contribution in [0.5, 0.6) is 0 Å². The normalized spacial score (nSPS) is 21.5. The number of hydrogen-bond donors (Lipinski definition) is 0. The fraction of sp³-hybridized carbons (Fsp3) is 0.600. The third kappa shape index (κ3) is 3.31. The van der Waals surface area contributed by atoms with Gasteiger partial charge in [0.2, 0.25) is 11.9 Å². The molecule has 1 aliphatic carbocycles. The molecule has 0 bridgehead atoms. The molecule has 0 saturated carbocycles. The maximum Gasteiger partial charge on any atom is 0.225 e. The van der Waals surface area contributed by atoms with Crippen molar-refractivity contribution in [1.29, 1.82) is 0 Å². The fourth-order valence-electron chi connectivity index (χ4n) is 4.53. The molecule has 1 fully saturated rings. The minimum atomic E-state index is 0.00344. The number of carbonyl (C=O) groups is 1. The zero-order chi connectivity index (χ0) is 19.0. The molecule has 0 aromatic carbocycles. The summed E-state index contributed by atoms with van der Waals surface area (Å²) < 4.78 is 1.85. The molecule has 144 valence electrons. The topological polar surface area (TPSA) is 67.2 Å². The highest BCUT2D eigenvalue weighted by Crippen LogP contribution is 2.44. The first-order valence-electron chi connectivity index (χ1n) is 9.77. The SMILES string of the molecule is CN(C)c1ncc2c(n1)C1(CCCN(C(=O)CCc3ccnn3C)C1)CC2. The molecule has 4 rings (SSSR count). The highest BCUT2D eigenvalue weighted by atomic mass is 16.2. The lowest BCUT2D eigenvalue weighted by molar-refractivity contribution is -0.133. The van der Waals surface area contributed by atoms with E-state index in [1.807, 2.05) is 43.0 Å². The molecule has 2 aromatic heterocycles. The molecule has 27 heavy (non-hydrogen) atoms. The third-order valence-corrected chi connectivity index (χ3v) is 6.07. The van der Waals surface area contributed by atoms with Gasteiger partial charge in [-0.1, -0.05) is 0 Å². The summed E-state index contributed by atoms with van der Waals surface area (Å²) in [6.45, 7) is 1.64. The standard InChI is InChI=1S/C20H28N6O/c1-24(2)19-21-13-15-7-10-20(18(15)23-19)9-4-12-26(14-20)17(27)6-5-16-8-11-22-25(16)3/h8,11,13H,4-7,9-10,12,14H2,1-3H3. The van der Waals surface area contributed by atoms with Gasteiger partial charge < -0.3 is 9.80 Å². The molecule has 0 radical (unpaired) electrons. The second kappa shape index (κ2) is 6.94. The minimum Gasteiger partial charge on any atom is -0.347 e. The fourth-order valence-corrected chi connectivity index (χ4v) is 4.53. The van der Waals surface area contributed by atoms with Crippen molar-refractivity contribution in [2.75, 3.05) is 32.1 Å². The molecule has 2 aliphatic rings. The predicted molar refractivity (Wildman–Crippen MR) is 104 cm³/mol. The number of aryl methyl sites for hydroxylation is 3. The van der Waals surface area contributed by atoms with Gasteiger partial charge in [0.25, 0.3) is 0 Å². The van der Waals surface area contributed by atoms with Gasteiger partial charge in [0.1, 0.15) is 0 Å². The zero-order valence-corrected chi connectivity index (χ0v) is 16.5. The van der Waals surface area contributed by atoms with E-state index in [1.165, 1.54) is 11.3 Å². The Morgan fingerprint density at radius 2 is 2.19 bits per heavy atom. The molecule has 2 aromatic rings. The number of rotatable bonds is 4. The molecule has 1 amide bonds. The lowest BCUT2D eigenvalue weighted by Crippen LogP contribution is -2.48. The van der Waals surface area contributed by atoms with Crippen LogP contribution in [0.25, 0.3) is 0 Å². The van der Waals surface area contributed by atoms with Crippen LogP contribution in [0.15, 0.2) is 18.5 Å². The van der Waals surface area contributed by atoms with E-state index in [-0.39, 0.29) is 11.3 Å². The second-order valence-electron chi connectivity index (χ2n) is 8.08. The van der Waals surface area contributed by atoms with Gasteiger partial charge in [-0.15, -0.1) is 0 Å². The molecule has 7 heteroatoms. The number of piperidine rings is 1. The van der Waals surface area contributed by atoms with Crippen molar-refractivity contribution in [2.24, 2.45) is 7.05 Å². The van der Waals surface area contributed by atoms with E-state index in [2.05, 4.69) is 15.0 Å². The molecule has 0 N–H and O–H groups in total. The van der Waals surface area contributed by atoms with Crippen molar-refractivity contribution < 1.29 is 4.79 Å². The largest absolute Gasteiger partial charge is 0.347 e. The van der Waals surface area contributed by atoms with Crippen molar-refractivity contribution in [3.8, 4) is 0 Å². The number of amides is 1. The van der Waals surface area contributed by atoms with Crippen molar-refractivity contribution in [2.45, 2.75) is 43.9 Å². The zero-order valence-electron chi connectivity index (χ0n) is 16.5. The Labute approximate surface area is 160 Å². The smallest absolute Gasteiger partial charge is 0.225 e. The molecule has 3 heterocycles. The quantitative estimate of drug-likeness (QED) is 0.822. The molecule has 1 atom stereocenters. The summed E-state index contributed by atoms with van der Waals surface area (Å²) in [6.07, 6.45) is 9.27. The number of nitrogens with zero attached hydrogens (tertiary/aromatic N) is 6. The molecule has 1 aliphatic heterocycles. The Morgan fingerprint density at radius 3 is 2.93 bits per heavy atom. The van der Waals surface area contributed by atoms with Crippen LogP contribution in [-0.4, -0.2) is 57.7 Å². The van der Waals surface area contributed by atoms with Crippen LogP contribution in [0.3, 0.4) is 0 Å². The summed E-state index contributed by atoms with van der Waals surface area (Å²) in [5.41, 5.74) is 3.53. The van der Waals surface area contributed by atoms with Gasteiger partial charge in [0.15, 0.2) is 0 Å². The van der Waals surface area contributed by atoms with E-state index >= 15 is 0 Å². The Morgan fingerprint density at radius 1 is 1.33 bits per heavy atom. The molecule has 1 saturated heterocycles. The average Bonchev–Trinajstić information content (AvgIpc) is 3.23. The first-order valence-corrected chi connectivity index (χ1v) is 9.77. The Balaban J connectivity index is 1.50. The molecule has 1 unspecified atom stereocenters. The number of likely N-dealkylation sites (tertiary alicyclic amines) is 1. The minimum absolute atomic E-state index is 0.00344. The van der Waals surface area contributed by atoms with Crippen LogP contribution in [0, 0.1) is 0 Å². The summed E-state index contributed by atoms with van der Waals surface area (Å²) in [4.78, 5) is 26.3. The predicted octanol–water partition coefficient (Wildman–Crippen LogP) is 1.72. The number of aromatic nitrogens is 4. The summed E-state index contributed by atoms with van der Waals surface area (Å²) in [7, 11) is 5.87. The summed E-state index contributed by atoms with van der Waals surface area (Å²) in [6, 6.07) is 1.98. The van der Waals surface area contributed by atoms with Crippen molar-refractivity contribution in [3.05, 3.63) is 35.4 Å². The number of carbonyl (C=O) groups excluding carboxylic acids is 1. The summed E-state index contributed by atoms with van der Waals surface area (Å²) in [5.74, 6) is 1.00. The summed E-state index contributed by atoms with van der Waals surface area (Å²) in [5, 5.41) is 4.19. The van der Waals surface area contributed by atoms with Crippen LogP contribution >= 0.6 is 0 Å². The molecular weight excluding hydrogens is 340 g/mol. The van der Waals surface area contributed by atoms with Gasteiger partial charge in [-0.05, 0) is 43.7 Å². The van der Waals surface area contributed by atoms with Gasteiger partial charge in [-0.25, -0.2) is 9.97 Å². The van der Waals surface area contributed by atoms with E-state index in [1.54, 1.807) is 6.20 Å². The van der Waals surface area contributed by atoms with Crippen molar-refractivity contribution in [3.63, 3.8) is 0 Å². The highest BCUT2D eigenvalue weighted by molar-refractivity contribution is 5.76. The van der Waals surface area contributed by atoms with E-state index < -0.39 is 0 Å². The van der Waals surface area contributed by atoms with Crippen LogP contribution in [-0.2, 0) is 30.1 Å². The van der Waals surface area contributed by atoms with Crippen molar-refractivity contribution in [1.82, 2.24) is 24.6 Å².